The fourth-order valence-corrected chi connectivity index (χ4v) is 6.42. The first-order valence-corrected chi connectivity index (χ1v) is 16.4. The van der Waals surface area contributed by atoms with Crippen molar-refractivity contribution in [3.05, 3.63) is 187 Å². The summed E-state index contributed by atoms with van der Waals surface area (Å²) in [5.41, 5.74) is 10.2. The summed E-state index contributed by atoms with van der Waals surface area (Å²) < 4.78 is 6.29. The second kappa shape index (κ2) is 12.2. The Labute approximate surface area is 284 Å². The summed E-state index contributed by atoms with van der Waals surface area (Å²) in [6.07, 6.45) is -0.317. The van der Waals surface area contributed by atoms with Crippen LogP contribution in [-0.2, 0) is 0 Å². The minimum absolute atomic E-state index is 0.317. The predicted molar refractivity (Wildman–Crippen MR) is 200 cm³/mol. The van der Waals surface area contributed by atoms with Crippen LogP contribution in [-0.4, -0.2) is 16.7 Å². The molecule has 5 nitrogen and oxygen atoms in total. The van der Waals surface area contributed by atoms with Gasteiger partial charge in [-0.1, -0.05) is 133 Å². The van der Waals surface area contributed by atoms with E-state index in [2.05, 4.69) is 115 Å². The molecule has 1 aliphatic heterocycles. The lowest BCUT2D eigenvalue weighted by atomic mass is 9.98. The lowest BCUT2D eigenvalue weighted by molar-refractivity contribution is 0.623. The van der Waals surface area contributed by atoms with Gasteiger partial charge in [0.2, 0.25) is 5.89 Å². The minimum Gasteiger partial charge on any atom is -0.435 e. The molecule has 0 amide bonds. The van der Waals surface area contributed by atoms with E-state index >= 15 is 0 Å². The van der Waals surface area contributed by atoms with E-state index < -0.39 is 0 Å². The van der Waals surface area contributed by atoms with Crippen molar-refractivity contribution in [2.24, 2.45) is 9.98 Å². The highest BCUT2D eigenvalue weighted by Crippen LogP contribution is 2.34. The van der Waals surface area contributed by atoms with Crippen LogP contribution in [0.2, 0.25) is 0 Å². The molecule has 1 unspecified atom stereocenters. The Balaban J connectivity index is 1.06. The van der Waals surface area contributed by atoms with Gasteiger partial charge in [0.15, 0.2) is 11.4 Å². The molecule has 1 aromatic heterocycles. The maximum Gasteiger partial charge on any atom is 0.227 e. The number of benzene rings is 7. The van der Waals surface area contributed by atoms with Crippen molar-refractivity contribution in [3.63, 3.8) is 0 Å². The van der Waals surface area contributed by atoms with E-state index in [1.165, 1.54) is 5.56 Å². The number of rotatable bonds is 6. The van der Waals surface area contributed by atoms with Gasteiger partial charge in [-0.15, -0.1) is 0 Å². The number of oxazole rings is 1. The highest BCUT2D eigenvalue weighted by molar-refractivity contribution is 6.13. The minimum atomic E-state index is -0.317. The first-order valence-electron chi connectivity index (χ1n) is 16.4. The molecule has 0 saturated heterocycles. The molecule has 1 aliphatic rings. The highest BCUT2D eigenvalue weighted by Gasteiger charge is 2.22. The van der Waals surface area contributed by atoms with Crippen LogP contribution in [0.1, 0.15) is 22.9 Å². The van der Waals surface area contributed by atoms with E-state index in [1.807, 2.05) is 60.7 Å². The Kier molecular flexibility index (Phi) is 7.13. The second-order valence-electron chi connectivity index (χ2n) is 12.1. The molecule has 1 N–H and O–H groups in total. The maximum atomic E-state index is 6.29. The summed E-state index contributed by atoms with van der Waals surface area (Å²) in [6.45, 7) is 0. The lowest BCUT2D eigenvalue weighted by Crippen LogP contribution is -2.33. The summed E-state index contributed by atoms with van der Waals surface area (Å²) in [6, 6.07) is 58.4. The molecule has 0 saturated carbocycles. The van der Waals surface area contributed by atoms with Gasteiger partial charge in [-0.2, -0.15) is 0 Å². The fourth-order valence-electron chi connectivity index (χ4n) is 6.42. The topological polar surface area (TPSA) is 62.8 Å². The average Bonchev–Trinajstić information content (AvgIpc) is 3.64. The summed E-state index contributed by atoms with van der Waals surface area (Å²) in [7, 11) is 0. The molecule has 9 rings (SSSR count). The van der Waals surface area contributed by atoms with Gasteiger partial charge in [-0.05, 0) is 69.6 Å². The van der Waals surface area contributed by atoms with Crippen molar-refractivity contribution in [1.82, 2.24) is 10.3 Å². The van der Waals surface area contributed by atoms with Crippen LogP contribution in [0.3, 0.4) is 0 Å². The maximum absolute atomic E-state index is 6.29. The number of nitrogens with zero attached hydrogens (tertiary/aromatic N) is 3. The number of hydrogen-bond donors (Lipinski definition) is 1. The fraction of sp³-hybridized carbons (Fsp3) is 0.0227. The molecule has 1 atom stereocenters. The molecule has 0 radical (unpaired) electrons. The standard InChI is InChI=1S/C44H30N4O/c1-4-11-29(12-5-1)30-19-21-32(22-20-30)42-46-41(31-13-6-2-7-14-31)47-43(48-42)37-18-10-17-34(28-37)35-23-25-38-36(27-35)24-26-39-40(38)49-44(45-39)33-15-8-3-9-16-33/h1-28,43H,(H,46,47,48). The van der Waals surface area contributed by atoms with Crippen molar-refractivity contribution in [2.75, 3.05) is 0 Å². The third kappa shape index (κ3) is 5.57. The zero-order valence-corrected chi connectivity index (χ0v) is 26.5. The average molecular weight is 631 g/mol. The van der Waals surface area contributed by atoms with Crippen molar-refractivity contribution >= 4 is 33.5 Å². The molecule has 8 aromatic rings. The molecule has 0 aliphatic carbocycles. The molecular formula is C44H30N4O. The van der Waals surface area contributed by atoms with Gasteiger partial charge in [-0.25, -0.2) is 15.0 Å². The highest BCUT2D eigenvalue weighted by atomic mass is 16.3. The first-order chi connectivity index (χ1) is 24.2. The van der Waals surface area contributed by atoms with Gasteiger partial charge < -0.3 is 9.73 Å². The van der Waals surface area contributed by atoms with Gasteiger partial charge in [0.05, 0.1) is 0 Å². The number of nitrogens with one attached hydrogen (secondary N) is 1. The van der Waals surface area contributed by atoms with Crippen molar-refractivity contribution in [3.8, 4) is 33.7 Å². The van der Waals surface area contributed by atoms with Gasteiger partial charge >= 0.3 is 0 Å². The van der Waals surface area contributed by atoms with Crippen LogP contribution in [0.15, 0.2) is 184 Å². The Morgan fingerprint density at radius 1 is 0.490 bits per heavy atom. The van der Waals surface area contributed by atoms with Gasteiger partial charge in [-0.3, -0.25) is 0 Å². The Hall–Kier alpha value is -6.59. The van der Waals surface area contributed by atoms with E-state index in [4.69, 9.17) is 19.4 Å². The Morgan fingerprint density at radius 2 is 1.10 bits per heavy atom. The Morgan fingerprint density at radius 3 is 1.86 bits per heavy atom. The number of amidine groups is 2. The number of aliphatic imine (C=N–C) groups is 2. The zero-order valence-electron chi connectivity index (χ0n) is 26.5. The van der Waals surface area contributed by atoms with Crippen LogP contribution in [0.25, 0.3) is 55.6 Å². The molecular weight excluding hydrogens is 601 g/mol. The van der Waals surface area contributed by atoms with Crippen molar-refractivity contribution in [2.45, 2.75) is 6.17 Å². The summed E-state index contributed by atoms with van der Waals surface area (Å²) >= 11 is 0. The lowest BCUT2D eigenvalue weighted by Gasteiger charge is -2.24. The van der Waals surface area contributed by atoms with Crippen molar-refractivity contribution < 1.29 is 4.42 Å². The molecule has 0 spiro atoms. The first kappa shape index (κ1) is 28.6. The molecule has 49 heavy (non-hydrogen) atoms. The monoisotopic (exact) mass is 630 g/mol. The number of aromatic nitrogens is 1. The molecule has 2 heterocycles. The van der Waals surface area contributed by atoms with Crippen LogP contribution in [0.4, 0.5) is 0 Å². The SMILES string of the molecule is c1ccc(C2=NC(c3ccc(-c4ccccc4)cc3)=NC(c3cccc(-c4ccc5c(ccc6nc(-c7ccccc7)oc65)c4)c3)N2)cc1. The predicted octanol–water partition coefficient (Wildman–Crippen LogP) is 10.5. The molecule has 232 valence electrons. The van der Waals surface area contributed by atoms with Crippen molar-refractivity contribution in [1.29, 1.82) is 0 Å². The third-order valence-corrected chi connectivity index (χ3v) is 8.97. The van der Waals surface area contributed by atoms with E-state index in [1.54, 1.807) is 0 Å². The number of hydrogen-bond acceptors (Lipinski definition) is 5. The van der Waals surface area contributed by atoms with Crippen LogP contribution in [0, 0.1) is 0 Å². The summed E-state index contributed by atoms with van der Waals surface area (Å²) in [5, 5.41) is 5.75. The smallest absolute Gasteiger partial charge is 0.227 e. The van der Waals surface area contributed by atoms with Crippen LogP contribution in [0.5, 0.6) is 0 Å². The number of fused-ring (bicyclic) bond motifs is 3. The quantitative estimate of drug-likeness (QED) is 0.199. The zero-order chi connectivity index (χ0) is 32.6. The van der Waals surface area contributed by atoms with E-state index in [0.717, 1.165) is 66.7 Å². The molecule has 0 bridgehead atoms. The van der Waals surface area contributed by atoms with Crippen LogP contribution >= 0.6 is 0 Å². The van der Waals surface area contributed by atoms with Gasteiger partial charge in [0, 0.05) is 22.1 Å². The molecule has 7 aromatic carbocycles. The largest absolute Gasteiger partial charge is 0.435 e. The van der Waals surface area contributed by atoms with Gasteiger partial charge in [0.25, 0.3) is 0 Å². The summed E-state index contributed by atoms with van der Waals surface area (Å²) in [5.74, 6) is 2.12. The Bertz CT molecular complexity index is 2500. The normalized spacial score (nSPS) is 14.3. The summed E-state index contributed by atoms with van der Waals surface area (Å²) in [4.78, 5) is 14.9. The molecule has 0 fully saturated rings. The van der Waals surface area contributed by atoms with E-state index in [0.29, 0.717) is 11.7 Å². The van der Waals surface area contributed by atoms with Crippen LogP contribution < -0.4 is 5.32 Å². The van der Waals surface area contributed by atoms with E-state index in [-0.39, 0.29) is 6.17 Å². The third-order valence-electron chi connectivity index (χ3n) is 8.97. The van der Waals surface area contributed by atoms with Gasteiger partial charge in [0.1, 0.15) is 17.5 Å². The van der Waals surface area contributed by atoms with E-state index in [9.17, 15) is 0 Å². The second-order valence-corrected chi connectivity index (χ2v) is 12.1. The molecule has 5 heteroatoms.